The van der Waals surface area contributed by atoms with Crippen molar-refractivity contribution in [2.45, 2.75) is 19.9 Å². The smallest absolute Gasteiger partial charge is 0.330 e. The number of imide groups is 1. The summed E-state index contributed by atoms with van der Waals surface area (Å²) in [6, 6.07) is 5.16. The summed E-state index contributed by atoms with van der Waals surface area (Å²) in [5.41, 5.74) is 0.455. The fraction of sp³-hybridized carbons (Fsp3) is 0.500. The number of fused-ring (bicyclic) bond motifs is 1. The fourth-order valence-corrected chi connectivity index (χ4v) is 4.54. The van der Waals surface area contributed by atoms with Crippen LogP contribution in [0.1, 0.15) is 34.6 Å². The third-order valence-electron chi connectivity index (χ3n) is 5.37. The molecule has 11 heteroatoms. The summed E-state index contributed by atoms with van der Waals surface area (Å²) < 4.78 is 29.6. The van der Waals surface area contributed by atoms with E-state index in [0.29, 0.717) is 0 Å². The van der Waals surface area contributed by atoms with Crippen LogP contribution in [0.15, 0.2) is 24.3 Å². The molecule has 1 atom stereocenters. The molecule has 3 amide bonds. The maximum Gasteiger partial charge on any atom is 0.330 e. The average molecular weight is 452 g/mol. The van der Waals surface area contributed by atoms with Gasteiger partial charge in [-0.3, -0.25) is 19.3 Å². The van der Waals surface area contributed by atoms with E-state index in [0.717, 1.165) is 11.2 Å². The van der Waals surface area contributed by atoms with Gasteiger partial charge in [0, 0.05) is 26.2 Å². The van der Waals surface area contributed by atoms with E-state index < -0.39 is 52.3 Å². The molecule has 0 radical (unpaired) electrons. The second-order valence-corrected chi connectivity index (χ2v) is 9.85. The Bertz CT molecular complexity index is 978. The van der Waals surface area contributed by atoms with Crippen molar-refractivity contribution in [3.05, 3.63) is 35.4 Å². The Kier molecular flexibility index (Phi) is 6.46. The maximum atomic E-state index is 12.8. The van der Waals surface area contributed by atoms with Crippen LogP contribution in [0.4, 0.5) is 0 Å². The number of carbonyl (C=O) groups is 4. The predicted octanol–water partition coefficient (Wildman–Crippen LogP) is -0.0458. The van der Waals surface area contributed by atoms with Gasteiger partial charge in [-0.2, -0.15) is 4.31 Å². The van der Waals surface area contributed by atoms with Crippen molar-refractivity contribution < 1.29 is 32.3 Å². The average Bonchev–Trinajstić information content (AvgIpc) is 2.97. The van der Waals surface area contributed by atoms with Gasteiger partial charge in [0.1, 0.15) is 6.04 Å². The van der Waals surface area contributed by atoms with E-state index in [1.807, 2.05) is 0 Å². The van der Waals surface area contributed by atoms with Gasteiger partial charge in [-0.15, -0.1) is 0 Å². The van der Waals surface area contributed by atoms with E-state index in [2.05, 4.69) is 0 Å². The van der Waals surface area contributed by atoms with Gasteiger partial charge in [0.25, 0.3) is 17.7 Å². The highest BCUT2D eigenvalue weighted by Crippen LogP contribution is 2.27. The molecule has 2 aliphatic rings. The van der Waals surface area contributed by atoms with Crippen LogP contribution in [0, 0.1) is 5.92 Å². The molecule has 31 heavy (non-hydrogen) atoms. The predicted molar refractivity (Wildman–Crippen MR) is 110 cm³/mol. The number of benzene rings is 1. The van der Waals surface area contributed by atoms with Gasteiger partial charge in [0.2, 0.25) is 10.0 Å². The van der Waals surface area contributed by atoms with E-state index in [-0.39, 0.29) is 37.3 Å². The number of amides is 3. The van der Waals surface area contributed by atoms with Crippen LogP contribution in [0.2, 0.25) is 0 Å². The molecule has 2 aliphatic heterocycles. The van der Waals surface area contributed by atoms with E-state index in [9.17, 15) is 27.6 Å². The molecular weight excluding hydrogens is 426 g/mol. The van der Waals surface area contributed by atoms with Gasteiger partial charge in [-0.1, -0.05) is 26.0 Å². The van der Waals surface area contributed by atoms with Crippen LogP contribution >= 0.6 is 0 Å². The van der Waals surface area contributed by atoms with E-state index in [1.54, 1.807) is 26.0 Å². The Balaban J connectivity index is 1.63. The number of hydrogen-bond donors (Lipinski definition) is 0. The fourth-order valence-electron chi connectivity index (χ4n) is 3.71. The third-order valence-corrected chi connectivity index (χ3v) is 6.68. The molecule has 168 valence electrons. The summed E-state index contributed by atoms with van der Waals surface area (Å²) in [5, 5.41) is 0. The van der Waals surface area contributed by atoms with Gasteiger partial charge in [-0.25, -0.2) is 13.2 Å². The van der Waals surface area contributed by atoms with Crippen molar-refractivity contribution in [3.63, 3.8) is 0 Å². The number of carbonyl (C=O) groups excluding carboxylic acids is 4. The summed E-state index contributed by atoms with van der Waals surface area (Å²) >= 11 is 0. The first kappa shape index (κ1) is 22.9. The molecular formula is C20H25N3O7S. The summed E-state index contributed by atoms with van der Waals surface area (Å²) in [6.07, 6.45) is 1.11. The highest BCUT2D eigenvalue weighted by molar-refractivity contribution is 7.88. The van der Waals surface area contributed by atoms with Crippen LogP contribution in [-0.2, 0) is 24.3 Å². The zero-order chi connectivity index (χ0) is 22.9. The van der Waals surface area contributed by atoms with Gasteiger partial charge in [-0.05, 0) is 18.1 Å². The van der Waals surface area contributed by atoms with E-state index in [1.165, 1.54) is 21.3 Å². The summed E-state index contributed by atoms with van der Waals surface area (Å²) in [5.74, 6) is -2.87. The van der Waals surface area contributed by atoms with E-state index in [4.69, 9.17) is 4.74 Å². The van der Waals surface area contributed by atoms with Crippen molar-refractivity contribution in [2.75, 3.05) is 39.0 Å². The Morgan fingerprint density at radius 2 is 1.52 bits per heavy atom. The zero-order valence-electron chi connectivity index (χ0n) is 17.6. The van der Waals surface area contributed by atoms with Crippen LogP contribution < -0.4 is 0 Å². The standard InChI is InChI=1S/C20H25N3O7S/c1-13(2)17(23-18(25)14-6-4-5-7-15(14)19(23)26)20(27)30-12-16(24)21-8-10-22(11-9-21)31(3,28)29/h4-7,13,17H,8-12H2,1-3H3/t17-/m0/s1. The van der Waals surface area contributed by atoms with Crippen LogP contribution in [-0.4, -0.2) is 91.3 Å². The van der Waals surface area contributed by atoms with Crippen molar-refractivity contribution in [2.24, 2.45) is 5.92 Å². The third kappa shape index (κ3) is 4.62. The first-order chi connectivity index (χ1) is 14.5. The maximum absolute atomic E-state index is 12.8. The molecule has 1 aromatic carbocycles. The quantitative estimate of drug-likeness (QED) is 0.439. The first-order valence-corrected chi connectivity index (χ1v) is 11.7. The molecule has 0 spiro atoms. The van der Waals surface area contributed by atoms with Crippen molar-refractivity contribution in [1.29, 1.82) is 0 Å². The largest absolute Gasteiger partial charge is 0.454 e. The molecule has 0 unspecified atom stereocenters. The number of esters is 1. The Morgan fingerprint density at radius 1 is 1.00 bits per heavy atom. The molecule has 0 aromatic heterocycles. The molecule has 1 aromatic rings. The Labute approximate surface area is 180 Å². The second kappa shape index (κ2) is 8.75. The highest BCUT2D eigenvalue weighted by atomic mass is 32.2. The zero-order valence-corrected chi connectivity index (χ0v) is 18.4. The molecule has 0 aliphatic carbocycles. The van der Waals surface area contributed by atoms with Crippen molar-refractivity contribution >= 4 is 33.7 Å². The van der Waals surface area contributed by atoms with Crippen LogP contribution in [0.3, 0.4) is 0 Å². The molecule has 10 nitrogen and oxygen atoms in total. The Morgan fingerprint density at radius 3 is 1.97 bits per heavy atom. The van der Waals surface area contributed by atoms with Gasteiger partial charge in [0.15, 0.2) is 6.61 Å². The van der Waals surface area contributed by atoms with Crippen LogP contribution in [0.5, 0.6) is 0 Å². The molecule has 1 fully saturated rings. The van der Waals surface area contributed by atoms with Gasteiger partial charge >= 0.3 is 5.97 Å². The SMILES string of the molecule is CC(C)[C@@H](C(=O)OCC(=O)N1CCN(S(C)(=O)=O)CC1)N1C(=O)c2ccccc2C1=O. The minimum absolute atomic E-state index is 0.169. The normalized spacial score (nSPS) is 18.3. The van der Waals surface area contributed by atoms with E-state index >= 15 is 0 Å². The monoisotopic (exact) mass is 451 g/mol. The summed E-state index contributed by atoms with van der Waals surface area (Å²) in [6.45, 7) is 3.53. The topological polar surface area (TPSA) is 121 Å². The molecule has 0 N–H and O–H groups in total. The molecule has 1 saturated heterocycles. The van der Waals surface area contributed by atoms with Gasteiger partial charge < -0.3 is 9.64 Å². The number of ether oxygens (including phenoxy) is 1. The lowest BCUT2D eigenvalue weighted by Gasteiger charge is -2.33. The lowest BCUT2D eigenvalue weighted by atomic mass is 10.0. The number of nitrogens with zero attached hydrogens (tertiary/aromatic N) is 3. The lowest BCUT2D eigenvalue weighted by molar-refractivity contribution is -0.156. The van der Waals surface area contributed by atoms with Crippen LogP contribution in [0.25, 0.3) is 0 Å². The van der Waals surface area contributed by atoms with Crippen molar-refractivity contribution in [1.82, 2.24) is 14.1 Å². The van der Waals surface area contributed by atoms with Crippen molar-refractivity contribution in [3.8, 4) is 0 Å². The second-order valence-electron chi connectivity index (χ2n) is 7.87. The molecule has 3 rings (SSSR count). The lowest BCUT2D eigenvalue weighted by Crippen LogP contribution is -2.52. The minimum atomic E-state index is -3.32. The minimum Gasteiger partial charge on any atom is -0.454 e. The number of hydrogen-bond acceptors (Lipinski definition) is 7. The number of piperazine rings is 1. The number of sulfonamides is 1. The first-order valence-electron chi connectivity index (χ1n) is 9.88. The number of rotatable bonds is 6. The molecule has 0 saturated carbocycles. The molecule has 0 bridgehead atoms. The molecule has 2 heterocycles. The summed E-state index contributed by atoms with van der Waals surface area (Å²) in [4.78, 5) is 52.9. The summed E-state index contributed by atoms with van der Waals surface area (Å²) in [7, 11) is -3.32. The Hall–Kier alpha value is -2.79. The van der Waals surface area contributed by atoms with Gasteiger partial charge in [0.05, 0.1) is 17.4 Å². The highest BCUT2D eigenvalue weighted by Gasteiger charge is 2.44.